The number of hydrogen-bond acceptors (Lipinski definition) is 6. The molecule has 0 bridgehead atoms. The van der Waals surface area contributed by atoms with Crippen LogP contribution in [0.25, 0.3) is 0 Å². The largest absolute Gasteiger partial charge is 0.398 e. The van der Waals surface area contributed by atoms with Gasteiger partial charge in [0.2, 0.25) is 6.41 Å². The number of imide groups is 1. The lowest BCUT2D eigenvalue weighted by Gasteiger charge is -2.09. The summed E-state index contributed by atoms with van der Waals surface area (Å²) in [6.07, 6.45) is 0.283. The first kappa shape index (κ1) is 14.2. The van der Waals surface area contributed by atoms with Crippen LogP contribution in [0.1, 0.15) is 11.1 Å². The minimum Gasteiger partial charge on any atom is -0.398 e. The first-order valence-corrected chi connectivity index (χ1v) is 5.31. The molecule has 0 aromatic heterocycles. The normalized spacial score (nSPS) is 10.9. The van der Waals surface area contributed by atoms with Gasteiger partial charge >= 0.3 is 0 Å². The lowest BCUT2D eigenvalue weighted by Crippen LogP contribution is -2.31. The number of nitrogens with one attached hydrogen (secondary N) is 1. The lowest BCUT2D eigenvalue weighted by atomic mass is 10.0. The van der Waals surface area contributed by atoms with Gasteiger partial charge in [-0.25, -0.2) is 0 Å². The predicted molar refractivity (Wildman–Crippen MR) is 68.0 cm³/mol. The van der Waals surface area contributed by atoms with Crippen molar-refractivity contribution in [1.29, 1.82) is 0 Å². The molecule has 0 saturated carbocycles. The van der Waals surface area contributed by atoms with Crippen LogP contribution in [0, 0.1) is 0 Å². The smallest absolute Gasteiger partial charge is 0.280 e. The molecule has 0 radical (unpaired) electrons. The second-order valence-corrected chi connectivity index (χ2v) is 3.40. The van der Waals surface area contributed by atoms with Gasteiger partial charge in [0.05, 0.1) is 6.61 Å². The average Bonchev–Trinajstić information content (AvgIpc) is 2.37. The third-order valence-corrected chi connectivity index (χ3v) is 2.21. The van der Waals surface area contributed by atoms with Gasteiger partial charge in [-0.05, 0) is 18.5 Å². The van der Waals surface area contributed by atoms with Crippen molar-refractivity contribution in [2.24, 2.45) is 5.16 Å². The summed E-state index contributed by atoms with van der Waals surface area (Å²) in [5, 5.41) is 5.63. The summed E-state index contributed by atoms with van der Waals surface area (Å²) in [7, 11) is 1.31. The molecule has 1 aromatic carbocycles. The Morgan fingerprint density at radius 1 is 1.50 bits per heavy atom. The van der Waals surface area contributed by atoms with Gasteiger partial charge in [0, 0.05) is 5.56 Å². The van der Waals surface area contributed by atoms with Gasteiger partial charge in [0.25, 0.3) is 5.91 Å². The minimum absolute atomic E-state index is 0.00872. The summed E-state index contributed by atoms with van der Waals surface area (Å²) < 4.78 is 4.73. The molecule has 6 nitrogen and oxygen atoms in total. The van der Waals surface area contributed by atoms with E-state index < -0.39 is 5.91 Å². The van der Waals surface area contributed by atoms with E-state index in [0.29, 0.717) is 11.1 Å². The number of thiol groups is 1. The van der Waals surface area contributed by atoms with Crippen LogP contribution in [0.2, 0.25) is 0 Å². The van der Waals surface area contributed by atoms with Gasteiger partial charge in [0.1, 0.15) is 7.11 Å². The molecular formula is C11H12N2O4S. The van der Waals surface area contributed by atoms with Crippen molar-refractivity contribution in [3.63, 3.8) is 0 Å². The highest BCUT2D eigenvalue weighted by molar-refractivity contribution is 7.75. The molecule has 0 heterocycles. The van der Waals surface area contributed by atoms with Gasteiger partial charge in [-0.2, -0.15) is 0 Å². The molecule has 0 fully saturated rings. The van der Waals surface area contributed by atoms with Gasteiger partial charge in [0.15, 0.2) is 5.71 Å². The standard InChI is InChI=1S/C11H12N2O4S/c1-16-13-10(11(15)12-7-14)9-5-3-2-4-8(9)6-17-18/h2-5,7,18H,6H2,1H3,(H,12,14,15)/b13-10+. The minimum atomic E-state index is -0.654. The van der Waals surface area contributed by atoms with Gasteiger partial charge in [-0.3, -0.25) is 14.9 Å². The molecule has 0 aliphatic heterocycles. The Bertz CT molecular complexity index is 462. The Balaban J connectivity index is 3.17. The SMILES string of the molecule is CO/N=C(/C(=O)NC=O)c1ccccc1COS. The Hall–Kier alpha value is -1.86. The van der Waals surface area contributed by atoms with Crippen molar-refractivity contribution in [2.45, 2.75) is 6.61 Å². The highest BCUT2D eigenvalue weighted by atomic mass is 32.1. The van der Waals surface area contributed by atoms with E-state index in [9.17, 15) is 9.59 Å². The van der Waals surface area contributed by atoms with Gasteiger partial charge in [-0.1, -0.05) is 29.4 Å². The Morgan fingerprint density at radius 3 is 2.83 bits per heavy atom. The molecule has 0 atom stereocenters. The summed E-state index contributed by atoms with van der Waals surface area (Å²) in [5.41, 5.74) is 1.20. The molecule has 0 unspecified atom stereocenters. The maximum atomic E-state index is 11.7. The zero-order valence-electron chi connectivity index (χ0n) is 9.62. The molecule has 0 saturated heterocycles. The maximum Gasteiger partial charge on any atom is 0.280 e. The first-order chi connectivity index (χ1) is 8.74. The van der Waals surface area contributed by atoms with Crippen LogP contribution < -0.4 is 5.32 Å². The quantitative estimate of drug-likeness (QED) is 0.261. The van der Waals surface area contributed by atoms with Crippen LogP contribution in [0.3, 0.4) is 0 Å². The molecule has 1 aromatic rings. The number of hydrogen-bond donors (Lipinski definition) is 2. The van der Waals surface area contributed by atoms with E-state index in [2.05, 4.69) is 22.9 Å². The van der Waals surface area contributed by atoms with E-state index >= 15 is 0 Å². The van der Waals surface area contributed by atoms with E-state index in [1.165, 1.54) is 7.11 Å². The maximum absolute atomic E-state index is 11.7. The summed E-state index contributed by atoms with van der Waals surface area (Å²) in [5.74, 6) is -0.654. The number of oxime groups is 1. The van der Waals surface area contributed by atoms with E-state index in [0.717, 1.165) is 0 Å². The fourth-order valence-corrected chi connectivity index (χ4v) is 1.51. The molecule has 0 aliphatic rings. The van der Waals surface area contributed by atoms with Crippen LogP contribution in [-0.4, -0.2) is 25.1 Å². The van der Waals surface area contributed by atoms with E-state index in [1.54, 1.807) is 24.3 Å². The fourth-order valence-electron chi connectivity index (χ4n) is 1.37. The topological polar surface area (TPSA) is 77.0 Å². The van der Waals surface area contributed by atoms with E-state index in [4.69, 9.17) is 4.18 Å². The number of amides is 2. The van der Waals surface area contributed by atoms with E-state index in [1.807, 2.05) is 5.32 Å². The number of nitrogens with zero attached hydrogens (tertiary/aromatic N) is 1. The van der Waals surface area contributed by atoms with Crippen LogP contribution in [0.15, 0.2) is 29.4 Å². The zero-order valence-corrected chi connectivity index (χ0v) is 10.5. The van der Waals surface area contributed by atoms with Crippen LogP contribution in [-0.2, 0) is 25.2 Å². The number of rotatable bonds is 6. The highest BCUT2D eigenvalue weighted by Gasteiger charge is 2.17. The van der Waals surface area contributed by atoms with Crippen LogP contribution in [0.5, 0.6) is 0 Å². The summed E-state index contributed by atoms with van der Waals surface area (Å²) in [6, 6.07) is 6.94. The van der Waals surface area contributed by atoms with Gasteiger partial charge < -0.3 is 9.02 Å². The Kier molecular flexibility index (Phi) is 5.89. The lowest BCUT2D eigenvalue weighted by molar-refractivity contribution is -0.120. The van der Waals surface area contributed by atoms with Gasteiger partial charge in [-0.15, -0.1) is 0 Å². The zero-order chi connectivity index (χ0) is 13.4. The fraction of sp³-hybridized carbons (Fsp3) is 0.182. The molecule has 0 aliphatic carbocycles. The first-order valence-electron chi connectivity index (χ1n) is 4.95. The molecule has 2 amide bonds. The second-order valence-electron chi connectivity index (χ2n) is 3.14. The van der Waals surface area contributed by atoms with Crippen molar-refractivity contribution in [3.05, 3.63) is 35.4 Å². The third-order valence-electron chi connectivity index (χ3n) is 2.08. The predicted octanol–water partition coefficient (Wildman–Crippen LogP) is 0.671. The Labute approximate surface area is 110 Å². The molecule has 7 heteroatoms. The van der Waals surface area contributed by atoms with Crippen molar-refractivity contribution in [2.75, 3.05) is 7.11 Å². The summed E-state index contributed by atoms with van der Waals surface area (Å²) in [6.45, 7) is 0.191. The molecule has 1 N–H and O–H groups in total. The summed E-state index contributed by atoms with van der Waals surface area (Å²) in [4.78, 5) is 26.6. The third kappa shape index (κ3) is 3.57. The number of carbonyl (C=O) groups excluding carboxylic acids is 2. The molecule has 0 spiro atoms. The molecule has 18 heavy (non-hydrogen) atoms. The highest BCUT2D eigenvalue weighted by Crippen LogP contribution is 2.12. The molecule has 1 rings (SSSR count). The monoisotopic (exact) mass is 268 g/mol. The molecular weight excluding hydrogens is 256 g/mol. The second kappa shape index (κ2) is 7.46. The van der Waals surface area contributed by atoms with Crippen LogP contribution in [0.4, 0.5) is 0 Å². The average molecular weight is 268 g/mol. The summed E-state index contributed by atoms with van der Waals surface area (Å²) >= 11 is 3.67. The number of benzene rings is 1. The Morgan fingerprint density at radius 2 is 2.22 bits per heavy atom. The van der Waals surface area contributed by atoms with Crippen molar-refractivity contribution in [3.8, 4) is 0 Å². The van der Waals surface area contributed by atoms with Crippen molar-refractivity contribution < 1.29 is 18.6 Å². The molecule has 96 valence electrons. The number of carbonyl (C=O) groups is 2. The van der Waals surface area contributed by atoms with Crippen molar-refractivity contribution in [1.82, 2.24) is 5.32 Å². The van der Waals surface area contributed by atoms with Crippen molar-refractivity contribution >= 4 is 30.9 Å². The van der Waals surface area contributed by atoms with E-state index in [-0.39, 0.29) is 18.7 Å². The van der Waals surface area contributed by atoms with Crippen LogP contribution >= 0.6 is 12.9 Å².